The van der Waals surface area contributed by atoms with Gasteiger partial charge in [-0.15, -0.1) is 18.8 Å². The first-order valence-corrected chi connectivity index (χ1v) is 11.5. The van der Waals surface area contributed by atoms with E-state index in [1.165, 1.54) is 7.11 Å². The number of nitrogens with zero attached hydrogens (tertiary/aromatic N) is 2. The molecule has 0 fully saturated rings. The number of nitrogens with one attached hydrogen (secondary N) is 1. The number of terminal acetylenes is 2. The SMILES string of the molecule is C#C/C=C(\C=C/C)c1nc(C)n(CCOc2ccc(NC(=O)OC)cc2)c1C/C=C\C=C/C.C#CC. The summed E-state index contributed by atoms with van der Waals surface area (Å²) in [6.07, 6.45) is 24.1. The van der Waals surface area contributed by atoms with Crippen LogP contribution in [0.5, 0.6) is 5.75 Å². The van der Waals surface area contributed by atoms with E-state index < -0.39 is 6.09 Å². The number of carbonyl (C=O) groups is 1. The topological polar surface area (TPSA) is 65.4 Å². The van der Waals surface area contributed by atoms with Crippen molar-refractivity contribution in [3.05, 3.63) is 84.0 Å². The third kappa shape index (κ3) is 9.83. The predicted octanol–water partition coefficient (Wildman–Crippen LogP) is 6.36. The molecular weight excluding hydrogens is 450 g/mol. The summed E-state index contributed by atoms with van der Waals surface area (Å²) in [4.78, 5) is 16.1. The highest BCUT2D eigenvalue weighted by Crippen LogP contribution is 2.23. The standard InChI is InChI=1S/C27H31N3O3.C3H4/c1-6-9-10-11-14-25-26(22(12-7-2)13-8-3)28-21(4)30(25)19-20-33-24-17-15-23(16-18-24)29-27(31)32-5;1-3-2/h2,6,8-13,15-18H,14,19-20H2,1,3-5H3,(H,29,31);1H,2H3/b9-6-,11-10-,13-8-,22-12+;. The van der Waals surface area contributed by atoms with Gasteiger partial charge in [0.15, 0.2) is 0 Å². The Hall–Kier alpha value is -4.42. The van der Waals surface area contributed by atoms with Crippen LogP contribution in [0.25, 0.3) is 5.57 Å². The largest absolute Gasteiger partial charge is 0.492 e. The highest BCUT2D eigenvalue weighted by Gasteiger charge is 2.16. The number of carbonyl (C=O) groups excluding carboxylic acids is 1. The van der Waals surface area contributed by atoms with E-state index in [2.05, 4.69) is 39.0 Å². The summed E-state index contributed by atoms with van der Waals surface area (Å²) in [5.74, 6) is 6.47. The second-order valence-electron chi connectivity index (χ2n) is 7.31. The van der Waals surface area contributed by atoms with Crippen LogP contribution in [-0.2, 0) is 17.7 Å². The van der Waals surface area contributed by atoms with Gasteiger partial charge in [-0.05, 0) is 58.0 Å². The second-order valence-corrected chi connectivity index (χ2v) is 7.31. The molecule has 1 aromatic heterocycles. The summed E-state index contributed by atoms with van der Waals surface area (Å²) in [7, 11) is 1.32. The summed E-state index contributed by atoms with van der Waals surface area (Å²) in [5, 5.41) is 2.61. The van der Waals surface area contributed by atoms with E-state index in [9.17, 15) is 4.79 Å². The zero-order valence-electron chi connectivity index (χ0n) is 21.7. The first-order chi connectivity index (χ1) is 17.4. The highest BCUT2D eigenvalue weighted by molar-refractivity contribution is 5.84. The van der Waals surface area contributed by atoms with E-state index in [1.807, 2.05) is 51.2 Å². The van der Waals surface area contributed by atoms with Gasteiger partial charge in [0.25, 0.3) is 0 Å². The Labute approximate surface area is 215 Å². The van der Waals surface area contributed by atoms with Gasteiger partial charge >= 0.3 is 6.09 Å². The van der Waals surface area contributed by atoms with Crippen molar-refractivity contribution in [3.8, 4) is 30.4 Å². The lowest BCUT2D eigenvalue weighted by Gasteiger charge is -2.12. The van der Waals surface area contributed by atoms with Crippen molar-refractivity contribution in [1.29, 1.82) is 0 Å². The van der Waals surface area contributed by atoms with Crippen molar-refractivity contribution >= 4 is 17.4 Å². The van der Waals surface area contributed by atoms with Crippen molar-refractivity contribution in [2.75, 3.05) is 19.0 Å². The van der Waals surface area contributed by atoms with Crippen LogP contribution in [0.2, 0.25) is 0 Å². The molecule has 0 radical (unpaired) electrons. The van der Waals surface area contributed by atoms with Crippen LogP contribution in [0.1, 0.15) is 38.0 Å². The first-order valence-electron chi connectivity index (χ1n) is 11.5. The van der Waals surface area contributed by atoms with Crippen LogP contribution < -0.4 is 10.1 Å². The number of hydrogen-bond donors (Lipinski definition) is 1. The van der Waals surface area contributed by atoms with E-state index >= 15 is 0 Å². The molecule has 1 N–H and O–H groups in total. The normalized spacial score (nSPS) is 11.1. The lowest BCUT2D eigenvalue weighted by atomic mass is 10.1. The number of aromatic nitrogens is 2. The quantitative estimate of drug-likeness (QED) is 0.314. The van der Waals surface area contributed by atoms with Crippen LogP contribution in [0.15, 0.2) is 66.8 Å². The summed E-state index contributed by atoms with van der Waals surface area (Å²) in [6.45, 7) is 8.68. The molecule has 6 heteroatoms. The number of aryl methyl sites for hydroxylation is 1. The number of rotatable bonds is 10. The van der Waals surface area contributed by atoms with Crippen LogP contribution in [-0.4, -0.2) is 29.4 Å². The van der Waals surface area contributed by atoms with Crippen molar-refractivity contribution in [1.82, 2.24) is 9.55 Å². The van der Waals surface area contributed by atoms with Crippen molar-refractivity contribution < 1.29 is 14.3 Å². The smallest absolute Gasteiger partial charge is 0.411 e. The lowest BCUT2D eigenvalue weighted by molar-refractivity contribution is 0.187. The minimum Gasteiger partial charge on any atom is -0.492 e. The van der Waals surface area contributed by atoms with Crippen molar-refractivity contribution in [2.24, 2.45) is 0 Å². The fraction of sp³-hybridized carbons (Fsp3) is 0.267. The molecule has 36 heavy (non-hydrogen) atoms. The molecular formula is C30H35N3O3. The molecule has 188 valence electrons. The van der Waals surface area contributed by atoms with Gasteiger partial charge in [-0.2, -0.15) is 0 Å². The van der Waals surface area contributed by atoms with E-state index in [0.717, 1.165) is 22.8 Å². The fourth-order valence-electron chi connectivity index (χ4n) is 3.24. The maximum atomic E-state index is 11.3. The van der Waals surface area contributed by atoms with Gasteiger partial charge < -0.3 is 14.0 Å². The number of ether oxygens (including phenoxy) is 2. The van der Waals surface area contributed by atoms with Gasteiger partial charge in [-0.3, -0.25) is 5.32 Å². The maximum Gasteiger partial charge on any atom is 0.411 e. The third-order valence-corrected chi connectivity index (χ3v) is 4.74. The molecule has 0 saturated heterocycles. The van der Waals surface area contributed by atoms with E-state index in [1.54, 1.807) is 37.3 Å². The molecule has 0 atom stereocenters. The molecule has 0 aliphatic heterocycles. The summed E-state index contributed by atoms with van der Waals surface area (Å²) in [5.41, 5.74) is 3.50. The number of hydrogen-bond acceptors (Lipinski definition) is 4. The van der Waals surface area contributed by atoms with E-state index in [-0.39, 0.29) is 0 Å². The minimum absolute atomic E-state index is 0.462. The Morgan fingerprint density at radius 1 is 1.17 bits per heavy atom. The number of benzene rings is 1. The fourth-order valence-corrected chi connectivity index (χ4v) is 3.24. The molecule has 1 heterocycles. The number of methoxy groups -OCH3 is 1. The minimum atomic E-state index is -0.512. The molecule has 2 rings (SSSR count). The Bertz CT molecular complexity index is 1170. The van der Waals surface area contributed by atoms with Crippen molar-refractivity contribution in [3.63, 3.8) is 0 Å². The molecule has 0 saturated carbocycles. The van der Waals surface area contributed by atoms with Crippen LogP contribution in [0, 0.1) is 31.6 Å². The molecule has 6 nitrogen and oxygen atoms in total. The average Bonchev–Trinajstić information content (AvgIpc) is 3.18. The summed E-state index contributed by atoms with van der Waals surface area (Å²) < 4.78 is 12.7. The predicted molar refractivity (Wildman–Crippen MR) is 149 cm³/mol. The van der Waals surface area contributed by atoms with Gasteiger partial charge in [-0.25, -0.2) is 9.78 Å². The van der Waals surface area contributed by atoms with Gasteiger partial charge in [0.2, 0.25) is 0 Å². The lowest BCUT2D eigenvalue weighted by Crippen LogP contribution is -2.13. The molecule has 0 bridgehead atoms. The third-order valence-electron chi connectivity index (χ3n) is 4.74. The van der Waals surface area contributed by atoms with Crippen LogP contribution >= 0.6 is 0 Å². The number of anilines is 1. The Morgan fingerprint density at radius 3 is 2.44 bits per heavy atom. The van der Waals surface area contributed by atoms with Gasteiger partial charge in [0, 0.05) is 23.4 Å². The second kappa shape index (κ2) is 17.1. The number of imidazole rings is 1. The molecule has 1 aromatic carbocycles. The van der Waals surface area contributed by atoms with Gasteiger partial charge in [-0.1, -0.05) is 42.4 Å². The Balaban J connectivity index is 0.00000205. The average molecular weight is 486 g/mol. The van der Waals surface area contributed by atoms with Crippen LogP contribution in [0.3, 0.4) is 0 Å². The molecule has 0 aliphatic rings. The van der Waals surface area contributed by atoms with Crippen LogP contribution in [0.4, 0.5) is 10.5 Å². The number of allylic oxidation sites excluding steroid dienone is 8. The summed E-state index contributed by atoms with van der Waals surface area (Å²) >= 11 is 0. The van der Waals surface area contributed by atoms with Crippen molar-refractivity contribution in [2.45, 2.75) is 40.7 Å². The highest BCUT2D eigenvalue weighted by atomic mass is 16.5. The van der Waals surface area contributed by atoms with Gasteiger partial charge in [0.1, 0.15) is 18.2 Å². The maximum absolute atomic E-state index is 11.3. The summed E-state index contributed by atoms with van der Waals surface area (Å²) in [6, 6.07) is 7.13. The molecule has 0 unspecified atom stereocenters. The molecule has 0 aliphatic carbocycles. The monoisotopic (exact) mass is 485 g/mol. The molecule has 2 aromatic rings. The van der Waals surface area contributed by atoms with E-state index in [4.69, 9.17) is 16.1 Å². The zero-order chi connectivity index (χ0) is 26.8. The first kappa shape index (κ1) is 29.6. The Kier molecular flexibility index (Phi) is 14.0. The van der Waals surface area contributed by atoms with Gasteiger partial charge in [0.05, 0.1) is 19.3 Å². The van der Waals surface area contributed by atoms with E-state index in [0.29, 0.717) is 31.0 Å². The molecule has 0 spiro atoms. The molecule has 1 amide bonds. The Morgan fingerprint density at radius 2 is 1.86 bits per heavy atom. The zero-order valence-corrected chi connectivity index (χ0v) is 21.7. The number of amides is 1.